The second-order valence-electron chi connectivity index (χ2n) is 7.61. The Balaban J connectivity index is 1.45. The average Bonchev–Trinajstić information content (AvgIpc) is 2.83. The highest BCUT2D eigenvalue weighted by molar-refractivity contribution is 5.22. The molecule has 0 atom stereocenters. The van der Waals surface area contributed by atoms with Gasteiger partial charge in [-0.25, -0.2) is 0 Å². The fraction of sp³-hybridized carbons (Fsp3) is 0.619. The summed E-state index contributed by atoms with van der Waals surface area (Å²) in [6.07, 6.45) is 3.29. The fourth-order valence-corrected chi connectivity index (χ4v) is 3.84. The molecular weight excluding hydrogens is 308 g/mol. The SMILES string of the molecule is C=CCN1CCN(Cc2ccc(CN3CCCN(C)CC3)cc2)CC1. The third kappa shape index (κ3) is 5.93. The van der Waals surface area contributed by atoms with Gasteiger partial charge in [0, 0.05) is 58.9 Å². The van der Waals surface area contributed by atoms with Crippen molar-refractivity contribution in [2.75, 3.05) is 66.0 Å². The predicted octanol–water partition coefficient (Wildman–Crippen LogP) is 2.13. The average molecular weight is 343 g/mol. The summed E-state index contributed by atoms with van der Waals surface area (Å²) in [6.45, 7) is 16.5. The Hall–Kier alpha value is -1.20. The van der Waals surface area contributed by atoms with Gasteiger partial charge in [-0.05, 0) is 37.7 Å². The molecule has 4 heteroatoms. The summed E-state index contributed by atoms with van der Waals surface area (Å²) in [5.41, 5.74) is 2.89. The quantitative estimate of drug-likeness (QED) is 0.734. The molecule has 2 fully saturated rings. The molecule has 2 aliphatic rings. The molecule has 0 saturated carbocycles. The van der Waals surface area contributed by atoms with E-state index in [4.69, 9.17) is 0 Å². The van der Waals surface area contributed by atoms with Crippen LogP contribution in [-0.2, 0) is 13.1 Å². The van der Waals surface area contributed by atoms with Crippen molar-refractivity contribution in [1.82, 2.24) is 19.6 Å². The molecule has 1 aromatic carbocycles. The van der Waals surface area contributed by atoms with Crippen molar-refractivity contribution in [2.24, 2.45) is 0 Å². The van der Waals surface area contributed by atoms with Crippen LogP contribution in [0.1, 0.15) is 17.5 Å². The molecule has 0 amide bonds. The van der Waals surface area contributed by atoms with E-state index in [1.165, 1.54) is 43.7 Å². The molecule has 2 heterocycles. The minimum absolute atomic E-state index is 1.02. The van der Waals surface area contributed by atoms with Gasteiger partial charge in [0.05, 0.1) is 0 Å². The van der Waals surface area contributed by atoms with Crippen molar-refractivity contribution in [2.45, 2.75) is 19.5 Å². The Morgan fingerprint density at radius 3 is 1.88 bits per heavy atom. The lowest BCUT2D eigenvalue weighted by Gasteiger charge is -2.34. The van der Waals surface area contributed by atoms with E-state index in [0.29, 0.717) is 0 Å². The minimum Gasteiger partial charge on any atom is -0.305 e. The summed E-state index contributed by atoms with van der Waals surface area (Å²) < 4.78 is 0. The maximum Gasteiger partial charge on any atom is 0.0234 e. The van der Waals surface area contributed by atoms with E-state index in [9.17, 15) is 0 Å². The van der Waals surface area contributed by atoms with E-state index in [1.807, 2.05) is 6.08 Å². The van der Waals surface area contributed by atoms with Crippen molar-refractivity contribution in [1.29, 1.82) is 0 Å². The number of rotatable bonds is 6. The standard InChI is InChI=1S/C21H34N4/c1-3-9-23-14-16-25(17-15-23)19-21-7-5-20(6-8-21)18-24-11-4-10-22(2)12-13-24/h3,5-8H,1,4,9-19H2,2H3. The Kier molecular flexibility index (Phi) is 7.05. The van der Waals surface area contributed by atoms with E-state index in [-0.39, 0.29) is 0 Å². The van der Waals surface area contributed by atoms with E-state index in [0.717, 1.165) is 45.8 Å². The number of nitrogens with zero attached hydrogens (tertiary/aromatic N) is 4. The van der Waals surface area contributed by atoms with Crippen LogP contribution in [-0.4, -0.2) is 85.6 Å². The molecule has 2 aliphatic heterocycles. The summed E-state index contributed by atoms with van der Waals surface area (Å²) in [5, 5.41) is 0. The van der Waals surface area contributed by atoms with Crippen LogP contribution in [0.15, 0.2) is 36.9 Å². The monoisotopic (exact) mass is 342 g/mol. The van der Waals surface area contributed by atoms with Gasteiger partial charge in [-0.15, -0.1) is 6.58 Å². The van der Waals surface area contributed by atoms with Crippen LogP contribution in [0.5, 0.6) is 0 Å². The first kappa shape index (κ1) is 18.6. The first-order chi connectivity index (χ1) is 12.2. The van der Waals surface area contributed by atoms with Crippen LogP contribution in [0.3, 0.4) is 0 Å². The first-order valence-electron chi connectivity index (χ1n) is 9.77. The van der Waals surface area contributed by atoms with E-state index >= 15 is 0 Å². The molecule has 0 spiro atoms. The summed E-state index contributed by atoms with van der Waals surface area (Å²) in [7, 11) is 2.23. The molecule has 0 bridgehead atoms. The van der Waals surface area contributed by atoms with Crippen LogP contribution in [0.25, 0.3) is 0 Å². The molecular formula is C21H34N4. The third-order valence-electron chi connectivity index (χ3n) is 5.50. The Bertz CT molecular complexity index is 519. The maximum atomic E-state index is 3.84. The lowest BCUT2D eigenvalue weighted by atomic mass is 10.1. The van der Waals surface area contributed by atoms with Crippen LogP contribution in [0.4, 0.5) is 0 Å². The second kappa shape index (κ2) is 9.48. The molecule has 0 radical (unpaired) electrons. The molecule has 2 saturated heterocycles. The molecule has 3 rings (SSSR count). The lowest BCUT2D eigenvalue weighted by Crippen LogP contribution is -2.45. The zero-order valence-electron chi connectivity index (χ0n) is 15.9. The predicted molar refractivity (Wildman–Crippen MR) is 106 cm³/mol. The van der Waals surface area contributed by atoms with Gasteiger partial charge < -0.3 is 4.90 Å². The second-order valence-corrected chi connectivity index (χ2v) is 7.61. The van der Waals surface area contributed by atoms with Gasteiger partial charge in [0.25, 0.3) is 0 Å². The topological polar surface area (TPSA) is 13.0 Å². The summed E-state index contributed by atoms with van der Waals surface area (Å²) in [5.74, 6) is 0. The smallest absolute Gasteiger partial charge is 0.0234 e. The summed E-state index contributed by atoms with van der Waals surface area (Å²) in [6, 6.07) is 9.32. The zero-order valence-corrected chi connectivity index (χ0v) is 15.9. The molecule has 1 aromatic rings. The van der Waals surface area contributed by atoms with Crippen molar-refractivity contribution in [3.63, 3.8) is 0 Å². The molecule has 138 valence electrons. The highest BCUT2D eigenvalue weighted by Gasteiger charge is 2.16. The Morgan fingerprint density at radius 1 is 0.760 bits per heavy atom. The zero-order chi connectivity index (χ0) is 17.5. The van der Waals surface area contributed by atoms with Crippen molar-refractivity contribution in [3.8, 4) is 0 Å². The minimum atomic E-state index is 1.02. The van der Waals surface area contributed by atoms with Crippen LogP contribution >= 0.6 is 0 Å². The molecule has 25 heavy (non-hydrogen) atoms. The fourth-order valence-electron chi connectivity index (χ4n) is 3.84. The molecule has 4 nitrogen and oxygen atoms in total. The van der Waals surface area contributed by atoms with Crippen molar-refractivity contribution >= 4 is 0 Å². The summed E-state index contributed by atoms with van der Waals surface area (Å²) >= 11 is 0. The number of benzene rings is 1. The van der Waals surface area contributed by atoms with Gasteiger partial charge in [-0.1, -0.05) is 30.3 Å². The number of hydrogen-bond acceptors (Lipinski definition) is 4. The van der Waals surface area contributed by atoms with Gasteiger partial charge in [-0.3, -0.25) is 14.7 Å². The number of piperazine rings is 1. The molecule has 0 aromatic heterocycles. The van der Waals surface area contributed by atoms with Gasteiger partial charge in [0.2, 0.25) is 0 Å². The highest BCUT2D eigenvalue weighted by Crippen LogP contribution is 2.13. The van der Waals surface area contributed by atoms with Crippen LogP contribution in [0.2, 0.25) is 0 Å². The van der Waals surface area contributed by atoms with Gasteiger partial charge >= 0.3 is 0 Å². The van der Waals surface area contributed by atoms with Gasteiger partial charge in [-0.2, -0.15) is 0 Å². The van der Waals surface area contributed by atoms with Crippen LogP contribution in [0, 0.1) is 0 Å². The van der Waals surface area contributed by atoms with Crippen molar-refractivity contribution < 1.29 is 0 Å². The number of hydrogen-bond donors (Lipinski definition) is 0. The van der Waals surface area contributed by atoms with Crippen molar-refractivity contribution in [3.05, 3.63) is 48.0 Å². The normalized spacial score (nSPS) is 22.0. The molecule has 0 aliphatic carbocycles. The largest absolute Gasteiger partial charge is 0.305 e. The Morgan fingerprint density at radius 2 is 1.28 bits per heavy atom. The molecule has 0 N–H and O–H groups in total. The number of likely N-dealkylation sites (N-methyl/N-ethyl adjacent to an activating group) is 1. The van der Waals surface area contributed by atoms with E-state index < -0.39 is 0 Å². The Labute approximate surface area is 153 Å². The lowest BCUT2D eigenvalue weighted by molar-refractivity contribution is 0.137. The first-order valence-corrected chi connectivity index (χ1v) is 9.77. The van der Waals surface area contributed by atoms with Crippen LogP contribution < -0.4 is 0 Å². The summed E-state index contributed by atoms with van der Waals surface area (Å²) in [4.78, 5) is 10.1. The maximum absolute atomic E-state index is 3.84. The highest BCUT2D eigenvalue weighted by atomic mass is 15.3. The van der Waals surface area contributed by atoms with E-state index in [2.05, 4.69) is 57.5 Å². The third-order valence-corrected chi connectivity index (χ3v) is 5.50. The molecule has 0 unspecified atom stereocenters. The van der Waals surface area contributed by atoms with Gasteiger partial charge in [0.1, 0.15) is 0 Å². The van der Waals surface area contributed by atoms with E-state index in [1.54, 1.807) is 0 Å². The van der Waals surface area contributed by atoms with Gasteiger partial charge in [0.15, 0.2) is 0 Å².